The van der Waals surface area contributed by atoms with Gasteiger partial charge in [-0.2, -0.15) is 0 Å². The Morgan fingerprint density at radius 3 is 2.34 bits per heavy atom. The summed E-state index contributed by atoms with van der Waals surface area (Å²) in [5.41, 5.74) is -3.82. The fourth-order valence-corrected chi connectivity index (χ4v) is 7.63. The van der Waals surface area contributed by atoms with E-state index in [0.717, 1.165) is 10.9 Å². The van der Waals surface area contributed by atoms with E-state index in [0.29, 0.717) is 23.9 Å². The van der Waals surface area contributed by atoms with Crippen molar-refractivity contribution in [2.45, 2.75) is 85.6 Å². The van der Waals surface area contributed by atoms with Gasteiger partial charge in [-0.05, 0) is 25.0 Å². The molecule has 1 aromatic heterocycles. The maximum atomic E-state index is 14.5. The van der Waals surface area contributed by atoms with Crippen LogP contribution in [0.3, 0.4) is 0 Å². The number of amides is 1. The van der Waals surface area contributed by atoms with Gasteiger partial charge < -0.3 is 30.5 Å². The second-order valence-electron chi connectivity index (χ2n) is 11.4. The van der Waals surface area contributed by atoms with Gasteiger partial charge in [-0.1, -0.05) is 12.1 Å². The van der Waals surface area contributed by atoms with Gasteiger partial charge >= 0.3 is 0 Å². The second kappa shape index (κ2) is 13.1. The lowest BCUT2D eigenvalue weighted by atomic mass is 9.69. The predicted molar refractivity (Wildman–Crippen MR) is 145 cm³/mol. The van der Waals surface area contributed by atoms with Gasteiger partial charge in [0.25, 0.3) is 0 Å². The van der Waals surface area contributed by atoms with Crippen LogP contribution in [-0.2, 0) is 9.53 Å². The molecule has 1 aliphatic carbocycles. The van der Waals surface area contributed by atoms with Crippen LogP contribution in [0.2, 0.25) is 0 Å². The number of benzene rings is 1. The maximum Gasteiger partial charge on any atom is 0.248 e. The van der Waals surface area contributed by atoms with Crippen LogP contribution < -0.4 is 5.32 Å². The summed E-state index contributed by atoms with van der Waals surface area (Å²) in [4.78, 5) is 12.0. The molecule has 1 saturated heterocycles. The summed E-state index contributed by atoms with van der Waals surface area (Å²) in [6.07, 6.45) is -6.04. The average molecular weight is 657 g/mol. The summed E-state index contributed by atoms with van der Waals surface area (Å²) in [5, 5.41) is 54.5. The van der Waals surface area contributed by atoms with E-state index in [1.807, 2.05) is 0 Å². The molecule has 44 heavy (non-hydrogen) atoms. The van der Waals surface area contributed by atoms with E-state index in [1.54, 1.807) is 0 Å². The molecule has 246 valence electrons. The van der Waals surface area contributed by atoms with E-state index in [2.05, 4.69) is 15.6 Å². The molecule has 1 aromatic carbocycles. The normalized spacial score (nSPS) is 28.7. The van der Waals surface area contributed by atoms with Gasteiger partial charge in [0.2, 0.25) is 11.8 Å². The predicted octanol–water partition coefficient (Wildman–Crippen LogP) is 2.50. The van der Waals surface area contributed by atoms with Crippen LogP contribution in [0.15, 0.2) is 18.3 Å². The zero-order valence-corrected chi connectivity index (χ0v) is 24.6. The standard InChI is InChI=1S/C27H34F6N4O6S/c1-13(9-28)27(12-34-14(2)39,25(42)3-5-26(32,33)6-4-25)44-24-23(41)21(22(40)19(11-38)43-24)37-10-18(35-36-37)15-7-16(29)20(31)17(30)8-15/h7-8,10,13,19,21-24,38,40-42H,3-6,9,11-12H2,1-2H3,(H,34,39)/t13-,19+,21-,22-,23+,24-,27+/m0/s1. The summed E-state index contributed by atoms with van der Waals surface area (Å²) < 4.78 is 88.9. The van der Waals surface area contributed by atoms with E-state index in [-0.39, 0.29) is 11.3 Å². The molecule has 2 aliphatic rings. The van der Waals surface area contributed by atoms with E-state index in [9.17, 15) is 51.6 Å². The van der Waals surface area contributed by atoms with Crippen molar-refractivity contribution in [3.63, 3.8) is 0 Å². The van der Waals surface area contributed by atoms with Gasteiger partial charge in [-0.25, -0.2) is 26.6 Å². The summed E-state index contributed by atoms with van der Waals surface area (Å²) in [6.45, 7) is 0.343. The highest BCUT2D eigenvalue weighted by Crippen LogP contribution is 2.54. The fourth-order valence-electron chi connectivity index (χ4n) is 5.84. The molecule has 0 unspecified atom stereocenters. The lowest BCUT2D eigenvalue weighted by Crippen LogP contribution is -2.65. The first-order valence-corrected chi connectivity index (χ1v) is 14.7. The molecular formula is C27H34F6N4O6S. The minimum absolute atomic E-state index is 0.165. The molecule has 2 heterocycles. The smallest absolute Gasteiger partial charge is 0.248 e. The highest BCUT2D eigenvalue weighted by Gasteiger charge is 2.60. The average Bonchev–Trinajstić information content (AvgIpc) is 3.46. The molecule has 1 amide bonds. The maximum absolute atomic E-state index is 14.5. The summed E-state index contributed by atoms with van der Waals surface area (Å²) in [5.74, 6) is -9.40. The molecule has 0 radical (unpaired) electrons. The highest BCUT2D eigenvalue weighted by atomic mass is 32.2. The molecule has 5 N–H and O–H groups in total. The zero-order chi connectivity index (χ0) is 32.6. The highest BCUT2D eigenvalue weighted by molar-refractivity contribution is 8.01. The van der Waals surface area contributed by atoms with Crippen LogP contribution in [0.1, 0.15) is 45.6 Å². The van der Waals surface area contributed by atoms with Crippen LogP contribution in [0.4, 0.5) is 26.3 Å². The van der Waals surface area contributed by atoms with E-state index in [1.165, 1.54) is 13.8 Å². The van der Waals surface area contributed by atoms with E-state index < -0.39 is 121 Å². The number of aromatic nitrogens is 3. The Labute approximate surface area is 252 Å². The van der Waals surface area contributed by atoms with Gasteiger partial charge in [-0.15, -0.1) is 16.9 Å². The molecule has 7 atom stereocenters. The number of ether oxygens (including phenoxy) is 1. The van der Waals surface area contributed by atoms with Crippen molar-refractivity contribution in [1.82, 2.24) is 20.3 Å². The van der Waals surface area contributed by atoms with Crippen LogP contribution in [-0.4, -0.2) is 101 Å². The van der Waals surface area contributed by atoms with Gasteiger partial charge in [0.1, 0.15) is 35.5 Å². The van der Waals surface area contributed by atoms with Crippen molar-refractivity contribution in [1.29, 1.82) is 0 Å². The third-order valence-electron chi connectivity index (χ3n) is 8.49. The molecule has 2 fully saturated rings. The number of alkyl halides is 3. The second-order valence-corrected chi connectivity index (χ2v) is 12.8. The van der Waals surface area contributed by atoms with Crippen LogP contribution in [0.5, 0.6) is 0 Å². The molecule has 0 spiro atoms. The quantitative estimate of drug-likeness (QED) is 0.192. The number of hydrogen-bond acceptors (Lipinski definition) is 9. The Morgan fingerprint density at radius 2 is 1.80 bits per heavy atom. The number of thioether (sulfide) groups is 1. The van der Waals surface area contributed by atoms with Crippen LogP contribution in [0, 0.1) is 23.4 Å². The number of nitrogens with one attached hydrogen (secondary N) is 1. The van der Waals surface area contributed by atoms with E-state index in [4.69, 9.17) is 4.74 Å². The van der Waals surface area contributed by atoms with Gasteiger partial charge in [-0.3, -0.25) is 9.18 Å². The number of carbonyl (C=O) groups excluding carboxylic acids is 1. The molecule has 2 aromatic rings. The Balaban J connectivity index is 1.73. The molecular weight excluding hydrogens is 622 g/mol. The van der Waals surface area contributed by atoms with Crippen LogP contribution in [0.25, 0.3) is 11.3 Å². The number of aliphatic hydroxyl groups is 4. The molecule has 17 heteroatoms. The monoisotopic (exact) mass is 656 g/mol. The largest absolute Gasteiger partial charge is 0.394 e. The molecule has 1 aliphatic heterocycles. The number of halogens is 6. The first-order valence-electron chi connectivity index (χ1n) is 13.9. The minimum atomic E-state index is -3.07. The lowest BCUT2D eigenvalue weighted by molar-refractivity contribution is -0.180. The molecule has 4 rings (SSSR count). The first-order chi connectivity index (χ1) is 20.6. The number of hydrogen-bond donors (Lipinski definition) is 5. The summed E-state index contributed by atoms with van der Waals surface area (Å²) >= 11 is 0.683. The first kappa shape index (κ1) is 34.4. The Hall–Kier alpha value is -2.44. The van der Waals surface area contributed by atoms with Crippen molar-refractivity contribution < 1.29 is 56.3 Å². The number of carbonyl (C=O) groups is 1. The van der Waals surface area contributed by atoms with Gasteiger partial charge in [0.05, 0.1) is 29.8 Å². The lowest BCUT2D eigenvalue weighted by Gasteiger charge is -2.55. The zero-order valence-electron chi connectivity index (χ0n) is 23.8. The molecule has 0 bridgehead atoms. The number of aliphatic hydroxyl groups excluding tert-OH is 3. The van der Waals surface area contributed by atoms with Gasteiger partial charge in [0, 0.05) is 37.8 Å². The van der Waals surface area contributed by atoms with Crippen molar-refractivity contribution in [2.75, 3.05) is 19.8 Å². The van der Waals surface area contributed by atoms with Crippen molar-refractivity contribution in [3.05, 3.63) is 35.8 Å². The Kier molecular flexibility index (Phi) is 10.3. The third kappa shape index (κ3) is 6.58. The Bertz CT molecular complexity index is 1310. The third-order valence-corrected chi connectivity index (χ3v) is 10.5. The Morgan fingerprint density at radius 1 is 1.18 bits per heavy atom. The minimum Gasteiger partial charge on any atom is -0.394 e. The molecule has 1 saturated carbocycles. The molecule has 10 nitrogen and oxygen atoms in total. The van der Waals surface area contributed by atoms with Crippen LogP contribution >= 0.6 is 11.8 Å². The summed E-state index contributed by atoms with van der Waals surface area (Å²) in [6, 6.07) is -0.108. The van der Waals surface area contributed by atoms with Crippen molar-refractivity contribution in [2.24, 2.45) is 5.92 Å². The fraction of sp³-hybridized carbons (Fsp3) is 0.667. The summed E-state index contributed by atoms with van der Waals surface area (Å²) in [7, 11) is 0. The topological polar surface area (TPSA) is 150 Å². The SMILES string of the molecule is CC(=O)NC[C@@](S[C@@H]1O[C@H](CO)[C@H](O)[C@H](n2cc(-c3cc(F)c(F)c(F)c3)nn2)[C@H]1O)([C@@H](C)CF)C1(O)CCC(F)(F)CC1. The van der Waals surface area contributed by atoms with E-state index >= 15 is 0 Å². The van der Waals surface area contributed by atoms with Crippen molar-refractivity contribution in [3.8, 4) is 11.3 Å². The number of rotatable bonds is 10. The number of nitrogens with zero attached hydrogens (tertiary/aromatic N) is 3. The van der Waals surface area contributed by atoms with Gasteiger partial charge in [0.15, 0.2) is 17.5 Å². The van der Waals surface area contributed by atoms with Crippen molar-refractivity contribution >= 4 is 17.7 Å².